The predicted octanol–water partition coefficient (Wildman–Crippen LogP) is 2.56. The number of alkyl halides is 3. The van der Waals surface area contributed by atoms with Gasteiger partial charge in [-0.2, -0.15) is 13.2 Å². The summed E-state index contributed by atoms with van der Waals surface area (Å²) in [5.41, 5.74) is -1.01. The fourth-order valence-electron chi connectivity index (χ4n) is 1.52. The van der Waals surface area contributed by atoms with Crippen molar-refractivity contribution in [2.24, 2.45) is 5.14 Å². The summed E-state index contributed by atoms with van der Waals surface area (Å²) in [7, 11) is -0.133. The number of hydrogen-bond donors (Lipinski definition) is 2. The van der Waals surface area contributed by atoms with E-state index in [9.17, 15) is 17.4 Å². The van der Waals surface area contributed by atoms with Crippen molar-refractivity contribution in [3.63, 3.8) is 0 Å². The van der Waals surface area contributed by atoms with Crippen LogP contribution in [0.15, 0.2) is 41.1 Å². The molecule has 0 spiro atoms. The molecule has 0 bridgehead atoms. The van der Waals surface area contributed by atoms with Crippen LogP contribution >= 0.6 is 0 Å². The normalized spacial score (nSPS) is 13.6. The molecule has 1 aromatic rings. The standard InChI is InChI=1S/C13H16F3N3O2S/c1-3-21-12(8-11(17)13(14,15)16)19(2)9-4-6-10(7-5-9)22(18)20/h4-8,17H,3,18H2,1-2H3/b12-8+,17-11?. The number of nitrogens with two attached hydrogens (primary N) is 1. The number of nitrogens with zero attached hydrogens (tertiary/aromatic N) is 1. The van der Waals surface area contributed by atoms with Crippen LogP contribution in [0.1, 0.15) is 6.92 Å². The lowest BCUT2D eigenvalue weighted by Gasteiger charge is -2.23. The first kappa shape index (κ1) is 18.2. The van der Waals surface area contributed by atoms with E-state index in [1.165, 1.54) is 24.1 Å². The number of nitrogens with one attached hydrogen (secondary N) is 1. The van der Waals surface area contributed by atoms with Gasteiger partial charge >= 0.3 is 6.18 Å². The predicted molar refractivity (Wildman–Crippen MR) is 78.9 cm³/mol. The molecule has 9 heteroatoms. The maximum atomic E-state index is 12.5. The Labute approximate surface area is 128 Å². The minimum Gasteiger partial charge on any atom is -0.479 e. The van der Waals surface area contributed by atoms with E-state index in [0.29, 0.717) is 16.7 Å². The fraction of sp³-hybridized carbons (Fsp3) is 0.308. The molecular weight excluding hydrogens is 319 g/mol. The van der Waals surface area contributed by atoms with Crippen molar-refractivity contribution in [3.8, 4) is 0 Å². The highest BCUT2D eigenvalue weighted by molar-refractivity contribution is 7.82. The second-order valence-corrected chi connectivity index (χ2v) is 5.24. The Balaban J connectivity index is 3.07. The van der Waals surface area contributed by atoms with Crippen molar-refractivity contribution in [1.29, 1.82) is 5.41 Å². The van der Waals surface area contributed by atoms with Gasteiger partial charge in [-0.25, -0.2) is 9.35 Å². The summed E-state index contributed by atoms with van der Waals surface area (Å²) in [6.07, 6.45) is -4.14. The average molecular weight is 335 g/mol. The largest absolute Gasteiger partial charge is 0.479 e. The van der Waals surface area contributed by atoms with Crippen molar-refractivity contribution in [2.75, 3.05) is 18.6 Å². The molecular formula is C13H16F3N3O2S. The van der Waals surface area contributed by atoms with Gasteiger partial charge in [-0.3, -0.25) is 5.41 Å². The average Bonchev–Trinajstić information content (AvgIpc) is 2.45. The molecule has 1 unspecified atom stereocenters. The van der Waals surface area contributed by atoms with Gasteiger partial charge in [-0.15, -0.1) is 0 Å². The number of rotatable bonds is 6. The molecule has 5 nitrogen and oxygen atoms in total. The number of hydrogen-bond acceptors (Lipinski definition) is 4. The summed E-state index contributed by atoms with van der Waals surface area (Å²) < 4.78 is 53.7. The SMILES string of the molecule is CCO/C(=C/C(=N)C(F)(F)F)N(C)c1ccc(S(N)=O)cc1. The van der Waals surface area contributed by atoms with E-state index in [4.69, 9.17) is 15.3 Å². The molecule has 0 aliphatic rings. The molecule has 3 N–H and O–H groups in total. The van der Waals surface area contributed by atoms with Gasteiger partial charge in [0.25, 0.3) is 0 Å². The van der Waals surface area contributed by atoms with Gasteiger partial charge in [0, 0.05) is 18.8 Å². The molecule has 0 aliphatic heterocycles. The molecule has 1 aromatic carbocycles. The van der Waals surface area contributed by atoms with Gasteiger partial charge in [0.1, 0.15) is 16.7 Å². The lowest BCUT2D eigenvalue weighted by molar-refractivity contribution is -0.0586. The van der Waals surface area contributed by atoms with Crippen LogP contribution in [-0.2, 0) is 15.7 Å². The molecule has 0 radical (unpaired) electrons. The van der Waals surface area contributed by atoms with E-state index in [2.05, 4.69) is 0 Å². The topological polar surface area (TPSA) is 79.4 Å². The van der Waals surface area contributed by atoms with E-state index in [1.54, 1.807) is 19.1 Å². The summed E-state index contributed by atoms with van der Waals surface area (Å²) in [6.45, 7) is 1.77. The van der Waals surface area contributed by atoms with Crippen LogP contribution in [-0.4, -0.2) is 29.8 Å². The van der Waals surface area contributed by atoms with Crippen LogP contribution in [0.5, 0.6) is 0 Å². The molecule has 122 valence electrons. The van der Waals surface area contributed by atoms with Crippen molar-refractivity contribution in [3.05, 3.63) is 36.2 Å². The number of benzene rings is 1. The van der Waals surface area contributed by atoms with E-state index < -0.39 is 22.9 Å². The zero-order valence-corrected chi connectivity index (χ0v) is 12.8. The van der Waals surface area contributed by atoms with Crippen molar-refractivity contribution >= 4 is 22.4 Å². The molecule has 0 saturated carbocycles. The van der Waals surface area contributed by atoms with E-state index in [0.717, 1.165) is 0 Å². The lowest BCUT2D eigenvalue weighted by Crippen LogP contribution is -2.25. The fourth-order valence-corrected chi connectivity index (χ4v) is 1.92. The maximum absolute atomic E-state index is 12.5. The van der Waals surface area contributed by atoms with Crippen LogP contribution in [0.25, 0.3) is 0 Å². The zero-order valence-electron chi connectivity index (χ0n) is 12.0. The molecule has 1 rings (SSSR count). The summed E-state index contributed by atoms with van der Waals surface area (Å²) >= 11 is 0. The highest BCUT2D eigenvalue weighted by Crippen LogP contribution is 2.22. The van der Waals surface area contributed by atoms with Crippen molar-refractivity contribution in [2.45, 2.75) is 18.0 Å². The van der Waals surface area contributed by atoms with E-state index in [1.807, 2.05) is 0 Å². The Bertz CT molecular complexity index is 585. The van der Waals surface area contributed by atoms with Gasteiger partial charge < -0.3 is 9.64 Å². The highest BCUT2D eigenvalue weighted by Gasteiger charge is 2.33. The van der Waals surface area contributed by atoms with Crippen LogP contribution < -0.4 is 10.0 Å². The summed E-state index contributed by atoms with van der Waals surface area (Å²) in [5, 5.41) is 12.3. The summed E-state index contributed by atoms with van der Waals surface area (Å²) in [4.78, 5) is 1.75. The smallest absolute Gasteiger partial charge is 0.432 e. The lowest BCUT2D eigenvalue weighted by atomic mass is 10.3. The minimum atomic E-state index is -4.75. The third kappa shape index (κ3) is 4.85. The van der Waals surface area contributed by atoms with E-state index >= 15 is 0 Å². The van der Waals surface area contributed by atoms with Crippen LogP contribution in [0.2, 0.25) is 0 Å². The third-order valence-corrected chi connectivity index (χ3v) is 3.39. The van der Waals surface area contributed by atoms with Crippen LogP contribution in [0.3, 0.4) is 0 Å². The van der Waals surface area contributed by atoms with Crippen LogP contribution in [0.4, 0.5) is 18.9 Å². The summed E-state index contributed by atoms with van der Waals surface area (Å²) in [6, 6.07) is 6.09. The van der Waals surface area contributed by atoms with Crippen molar-refractivity contribution in [1.82, 2.24) is 0 Å². The molecule has 0 amide bonds. The van der Waals surface area contributed by atoms with Crippen molar-refractivity contribution < 1.29 is 22.1 Å². The Kier molecular flexibility index (Phi) is 6.12. The third-order valence-electron chi connectivity index (χ3n) is 2.65. The number of halogens is 3. The van der Waals surface area contributed by atoms with Gasteiger partial charge in [-0.05, 0) is 31.2 Å². The minimum absolute atomic E-state index is 0.119. The molecule has 1 atom stereocenters. The summed E-state index contributed by atoms with van der Waals surface area (Å²) in [5.74, 6) is -0.119. The number of ether oxygens (including phenoxy) is 1. The number of anilines is 1. The second kappa shape index (κ2) is 7.41. The zero-order chi connectivity index (χ0) is 16.9. The number of allylic oxidation sites excluding steroid dienone is 1. The first-order valence-electron chi connectivity index (χ1n) is 6.17. The van der Waals surface area contributed by atoms with E-state index in [-0.39, 0.29) is 12.5 Å². The molecule has 0 aliphatic carbocycles. The molecule has 0 heterocycles. The second-order valence-electron chi connectivity index (χ2n) is 4.18. The monoisotopic (exact) mass is 335 g/mol. The Morgan fingerprint density at radius 1 is 1.41 bits per heavy atom. The maximum Gasteiger partial charge on any atom is 0.432 e. The van der Waals surface area contributed by atoms with Gasteiger partial charge in [0.2, 0.25) is 0 Å². The Hall–Kier alpha value is -1.87. The Morgan fingerprint density at radius 3 is 2.36 bits per heavy atom. The first-order valence-corrected chi connectivity index (χ1v) is 7.38. The molecule has 0 aromatic heterocycles. The Morgan fingerprint density at radius 2 is 1.95 bits per heavy atom. The van der Waals surface area contributed by atoms with Gasteiger partial charge in [-0.1, -0.05) is 0 Å². The van der Waals surface area contributed by atoms with Gasteiger partial charge in [0.15, 0.2) is 5.88 Å². The van der Waals surface area contributed by atoms with Gasteiger partial charge in [0.05, 0.1) is 11.5 Å². The quantitative estimate of drug-likeness (QED) is 0.619. The first-order chi connectivity index (χ1) is 10.2. The molecule has 0 saturated heterocycles. The van der Waals surface area contributed by atoms with Crippen LogP contribution in [0, 0.1) is 5.41 Å². The highest BCUT2D eigenvalue weighted by atomic mass is 32.2. The molecule has 0 fully saturated rings. The molecule has 22 heavy (non-hydrogen) atoms.